The lowest BCUT2D eigenvalue weighted by Gasteiger charge is -2.14. The highest BCUT2D eigenvalue weighted by molar-refractivity contribution is 8.27. The summed E-state index contributed by atoms with van der Waals surface area (Å²) >= 11 is 12.7. The molecule has 0 aliphatic carbocycles. The minimum absolute atomic E-state index is 0.180. The monoisotopic (exact) mass is 538 g/mol. The van der Waals surface area contributed by atoms with Gasteiger partial charge in [-0.3, -0.25) is 14.5 Å². The van der Waals surface area contributed by atoms with E-state index in [1.807, 2.05) is 44.2 Å². The van der Waals surface area contributed by atoms with Crippen LogP contribution in [0.1, 0.15) is 16.7 Å². The van der Waals surface area contributed by atoms with Gasteiger partial charge in [-0.1, -0.05) is 65.4 Å². The van der Waals surface area contributed by atoms with Gasteiger partial charge in [-0.25, -0.2) is 0 Å². The molecule has 1 N–H and O–H groups in total. The average Bonchev–Trinajstić information content (AvgIpc) is 3.13. The minimum atomic E-state index is -0.328. The van der Waals surface area contributed by atoms with E-state index in [4.69, 9.17) is 33.3 Å². The van der Waals surface area contributed by atoms with E-state index in [1.54, 1.807) is 36.4 Å². The number of methoxy groups -OCH3 is 1. The van der Waals surface area contributed by atoms with Crippen molar-refractivity contribution in [1.29, 1.82) is 0 Å². The second-order valence-corrected chi connectivity index (χ2v) is 10.2. The Labute approximate surface area is 224 Å². The van der Waals surface area contributed by atoms with Gasteiger partial charge >= 0.3 is 0 Å². The zero-order valence-electron chi connectivity index (χ0n) is 19.8. The van der Waals surface area contributed by atoms with Crippen molar-refractivity contribution in [2.45, 2.75) is 13.8 Å². The summed E-state index contributed by atoms with van der Waals surface area (Å²) in [6.45, 7) is 3.65. The van der Waals surface area contributed by atoms with Crippen LogP contribution >= 0.6 is 35.6 Å². The second-order valence-electron chi connectivity index (χ2n) is 8.06. The second kappa shape index (κ2) is 11.2. The quantitative estimate of drug-likeness (QED) is 0.278. The van der Waals surface area contributed by atoms with Crippen LogP contribution in [0.2, 0.25) is 5.02 Å². The van der Waals surface area contributed by atoms with Crippen LogP contribution in [0.5, 0.6) is 11.5 Å². The molecule has 2 amide bonds. The maximum absolute atomic E-state index is 13.0. The van der Waals surface area contributed by atoms with Gasteiger partial charge in [0, 0.05) is 10.7 Å². The molecule has 9 heteroatoms. The van der Waals surface area contributed by atoms with Crippen LogP contribution in [0, 0.1) is 13.8 Å². The Morgan fingerprint density at radius 1 is 1.08 bits per heavy atom. The van der Waals surface area contributed by atoms with Crippen molar-refractivity contribution >= 4 is 69.2 Å². The standard InChI is InChI=1S/C27H23ClN2O4S2/c1-16-4-9-20(10-5-16)30-26(32)24(36-27(30)35)13-18-7-11-22(23(12-18)33-3)34-15-25(31)29-21-14-19(28)8-6-17(21)2/h4-14H,15H2,1-3H3,(H,29,31)/b24-13-. The van der Waals surface area contributed by atoms with E-state index in [1.165, 1.54) is 23.8 Å². The molecule has 6 nitrogen and oxygen atoms in total. The molecule has 184 valence electrons. The fraction of sp³-hybridized carbons (Fsp3) is 0.148. The van der Waals surface area contributed by atoms with Gasteiger partial charge in [-0.2, -0.15) is 0 Å². The smallest absolute Gasteiger partial charge is 0.270 e. The number of hydrogen-bond acceptors (Lipinski definition) is 6. The maximum atomic E-state index is 13.0. The lowest BCUT2D eigenvalue weighted by atomic mass is 10.1. The Kier molecular flexibility index (Phi) is 7.98. The molecule has 0 unspecified atom stereocenters. The molecule has 4 rings (SSSR count). The van der Waals surface area contributed by atoms with E-state index in [0.717, 1.165) is 22.4 Å². The normalized spacial score (nSPS) is 14.3. The summed E-state index contributed by atoms with van der Waals surface area (Å²) in [6.07, 6.45) is 1.76. The van der Waals surface area contributed by atoms with Gasteiger partial charge in [-0.05, 0) is 67.4 Å². The number of hydrogen-bond donors (Lipinski definition) is 1. The summed E-state index contributed by atoms with van der Waals surface area (Å²) < 4.78 is 11.6. The van der Waals surface area contributed by atoms with E-state index in [0.29, 0.717) is 31.4 Å². The molecule has 0 aromatic heterocycles. The molecule has 1 saturated heterocycles. The van der Waals surface area contributed by atoms with Gasteiger partial charge < -0.3 is 14.8 Å². The summed E-state index contributed by atoms with van der Waals surface area (Å²) in [4.78, 5) is 27.5. The third-order valence-electron chi connectivity index (χ3n) is 5.40. The average molecular weight is 539 g/mol. The summed E-state index contributed by atoms with van der Waals surface area (Å²) in [5.41, 5.74) is 4.09. The molecule has 0 atom stereocenters. The predicted octanol–water partition coefficient (Wildman–Crippen LogP) is 6.39. The SMILES string of the molecule is COc1cc(/C=C2\SC(=S)N(c3ccc(C)cc3)C2=O)ccc1OCC(=O)Nc1cc(Cl)ccc1C. The van der Waals surface area contributed by atoms with Crippen LogP contribution in [-0.4, -0.2) is 29.9 Å². The van der Waals surface area contributed by atoms with Crippen molar-refractivity contribution in [3.8, 4) is 11.5 Å². The number of rotatable bonds is 7. The summed E-state index contributed by atoms with van der Waals surface area (Å²) in [5, 5.41) is 3.32. The third kappa shape index (κ3) is 5.90. The molecule has 1 fully saturated rings. The number of aryl methyl sites for hydroxylation is 2. The van der Waals surface area contributed by atoms with Gasteiger partial charge in [0.1, 0.15) is 0 Å². The highest BCUT2D eigenvalue weighted by atomic mass is 35.5. The van der Waals surface area contributed by atoms with Crippen molar-refractivity contribution in [1.82, 2.24) is 0 Å². The van der Waals surface area contributed by atoms with Crippen molar-refractivity contribution in [3.63, 3.8) is 0 Å². The largest absolute Gasteiger partial charge is 0.493 e. The summed E-state index contributed by atoms with van der Waals surface area (Å²) in [5.74, 6) is 0.330. The molecule has 1 heterocycles. The number of carbonyl (C=O) groups is 2. The highest BCUT2D eigenvalue weighted by Gasteiger charge is 2.33. The van der Waals surface area contributed by atoms with Gasteiger partial charge in [0.25, 0.3) is 11.8 Å². The highest BCUT2D eigenvalue weighted by Crippen LogP contribution is 2.37. The third-order valence-corrected chi connectivity index (χ3v) is 6.94. The summed E-state index contributed by atoms with van der Waals surface area (Å²) in [6, 6.07) is 18.1. The number of ether oxygens (including phenoxy) is 2. The fourth-order valence-corrected chi connectivity index (χ4v) is 4.96. The fourth-order valence-electron chi connectivity index (χ4n) is 3.49. The molecular formula is C27H23ClN2O4S2. The first kappa shape index (κ1) is 25.8. The number of carbonyl (C=O) groups excluding carboxylic acids is 2. The molecule has 1 aliphatic heterocycles. The number of halogens is 1. The van der Waals surface area contributed by atoms with Gasteiger partial charge in [0.05, 0.1) is 17.7 Å². The number of nitrogens with one attached hydrogen (secondary N) is 1. The van der Waals surface area contributed by atoms with E-state index < -0.39 is 0 Å². The molecule has 0 saturated carbocycles. The van der Waals surface area contributed by atoms with Gasteiger partial charge in [0.15, 0.2) is 22.4 Å². The zero-order chi connectivity index (χ0) is 25.8. The number of amides is 2. The Hall–Kier alpha value is -3.33. The van der Waals surface area contributed by atoms with Gasteiger partial charge in [0.2, 0.25) is 0 Å². The minimum Gasteiger partial charge on any atom is -0.493 e. The first-order chi connectivity index (χ1) is 17.2. The van der Waals surface area contributed by atoms with E-state index >= 15 is 0 Å². The molecule has 0 spiro atoms. The molecule has 0 bridgehead atoms. The summed E-state index contributed by atoms with van der Waals surface area (Å²) in [7, 11) is 1.51. The van der Waals surface area contributed by atoms with Crippen molar-refractivity contribution in [2.75, 3.05) is 23.9 Å². The number of anilines is 2. The Morgan fingerprint density at radius 3 is 2.56 bits per heavy atom. The van der Waals surface area contributed by atoms with Gasteiger partial charge in [-0.15, -0.1) is 0 Å². The molecule has 0 radical (unpaired) electrons. The Bertz CT molecular complexity index is 1370. The topological polar surface area (TPSA) is 67.9 Å². The van der Waals surface area contributed by atoms with Crippen molar-refractivity contribution in [2.24, 2.45) is 0 Å². The van der Waals surface area contributed by atoms with Crippen LogP contribution in [0.25, 0.3) is 6.08 Å². The first-order valence-corrected chi connectivity index (χ1v) is 12.6. The number of thioether (sulfide) groups is 1. The number of benzene rings is 3. The van der Waals surface area contributed by atoms with Crippen molar-refractivity contribution in [3.05, 3.63) is 87.3 Å². The molecule has 1 aliphatic rings. The first-order valence-electron chi connectivity index (χ1n) is 11.0. The number of thiocarbonyl (C=S) groups is 1. The lowest BCUT2D eigenvalue weighted by molar-refractivity contribution is -0.118. The Morgan fingerprint density at radius 2 is 1.83 bits per heavy atom. The maximum Gasteiger partial charge on any atom is 0.270 e. The molecule has 36 heavy (non-hydrogen) atoms. The molecule has 3 aromatic rings. The van der Waals surface area contributed by atoms with E-state index in [2.05, 4.69) is 5.32 Å². The lowest BCUT2D eigenvalue weighted by Crippen LogP contribution is -2.27. The van der Waals surface area contributed by atoms with Crippen LogP contribution < -0.4 is 19.7 Å². The van der Waals surface area contributed by atoms with Crippen molar-refractivity contribution < 1.29 is 19.1 Å². The molecule has 3 aromatic carbocycles. The zero-order valence-corrected chi connectivity index (χ0v) is 22.2. The number of nitrogens with zero attached hydrogens (tertiary/aromatic N) is 1. The van der Waals surface area contributed by atoms with Crippen LogP contribution in [0.3, 0.4) is 0 Å². The van der Waals surface area contributed by atoms with Crippen LogP contribution in [0.4, 0.5) is 11.4 Å². The van der Waals surface area contributed by atoms with Crippen LogP contribution in [-0.2, 0) is 9.59 Å². The van der Waals surface area contributed by atoms with E-state index in [9.17, 15) is 9.59 Å². The predicted molar refractivity (Wildman–Crippen MR) is 150 cm³/mol. The van der Waals surface area contributed by atoms with Crippen LogP contribution in [0.15, 0.2) is 65.6 Å². The van der Waals surface area contributed by atoms with E-state index in [-0.39, 0.29) is 18.4 Å². The molecular weight excluding hydrogens is 516 g/mol. The Balaban J connectivity index is 1.45.